The summed E-state index contributed by atoms with van der Waals surface area (Å²) < 4.78 is 13.3. The number of aryl methyl sites for hydroxylation is 1. The fraction of sp³-hybridized carbons (Fsp3) is 0.200. The maximum absolute atomic E-state index is 12.4. The van der Waals surface area contributed by atoms with Gasteiger partial charge in [-0.15, -0.1) is 0 Å². The molecule has 2 aromatic carbocycles. The highest BCUT2D eigenvalue weighted by molar-refractivity contribution is 9.10. The van der Waals surface area contributed by atoms with E-state index in [1.165, 1.54) is 0 Å². The van der Waals surface area contributed by atoms with Gasteiger partial charge in [0, 0.05) is 18.1 Å². The molecule has 3 aromatic rings. The Morgan fingerprint density at radius 3 is 2.46 bits per heavy atom. The third-order valence-corrected chi connectivity index (χ3v) is 4.86. The van der Waals surface area contributed by atoms with E-state index >= 15 is 0 Å². The number of ether oxygens (including phenoxy) is 2. The van der Waals surface area contributed by atoms with E-state index in [1.807, 2.05) is 30.7 Å². The predicted octanol–water partition coefficient (Wildman–Crippen LogP) is 4.65. The lowest BCUT2D eigenvalue weighted by Gasteiger charge is -2.08. The maximum Gasteiger partial charge on any atom is 0.343 e. The highest BCUT2D eigenvalue weighted by Gasteiger charge is 2.22. The number of hydrogen-bond acceptors (Lipinski definition) is 4. The summed E-state index contributed by atoms with van der Waals surface area (Å²) >= 11 is 3.45. The van der Waals surface area contributed by atoms with Crippen molar-refractivity contribution in [2.24, 2.45) is 7.05 Å². The van der Waals surface area contributed by atoms with Gasteiger partial charge in [0.1, 0.15) is 5.75 Å². The number of halogens is 1. The number of carbonyl (C=O) groups is 2. The number of aromatic nitrogens is 1. The maximum atomic E-state index is 12.4. The zero-order chi connectivity index (χ0) is 18.8. The normalized spacial score (nSPS) is 10.8. The quantitative estimate of drug-likeness (QED) is 0.459. The number of rotatable bonds is 4. The Labute approximate surface area is 159 Å². The van der Waals surface area contributed by atoms with Crippen molar-refractivity contribution in [1.29, 1.82) is 0 Å². The zero-order valence-electron chi connectivity index (χ0n) is 14.7. The van der Waals surface area contributed by atoms with Crippen molar-refractivity contribution in [3.8, 4) is 5.75 Å². The molecule has 134 valence electrons. The van der Waals surface area contributed by atoms with Gasteiger partial charge in [0.25, 0.3) is 0 Å². The molecule has 0 aliphatic heterocycles. The van der Waals surface area contributed by atoms with Crippen LogP contribution in [0.1, 0.15) is 33.3 Å². The van der Waals surface area contributed by atoms with Gasteiger partial charge in [0.15, 0.2) is 0 Å². The number of nitrogens with zero attached hydrogens (tertiary/aromatic N) is 1. The van der Waals surface area contributed by atoms with Crippen LogP contribution >= 0.6 is 15.9 Å². The van der Waals surface area contributed by atoms with Crippen molar-refractivity contribution in [3.63, 3.8) is 0 Å². The van der Waals surface area contributed by atoms with Crippen LogP contribution in [0.4, 0.5) is 0 Å². The molecule has 0 saturated carbocycles. The van der Waals surface area contributed by atoms with Crippen LogP contribution < -0.4 is 4.74 Å². The first-order chi connectivity index (χ1) is 12.4. The molecule has 0 bridgehead atoms. The van der Waals surface area contributed by atoms with Crippen LogP contribution in [-0.4, -0.2) is 23.1 Å². The largest absolute Gasteiger partial charge is 0.462 e. The van der Waals surface area contributed by atoms with E-state index in [2.05, 4.69) is 15.9 Å². The molecule has 0 fully saturated rings. The third-order valence-electron chi connectivity index (χ3n) is 4.24. The Hall–Kier alpha value is -2.60. The second-order valence-corrected chi connectivity index (χ2v) is 6.65. The standard InChI is InChI=1S/C20H18BrNO4/c1-4-25-20(24)18-12(2)22(3)16-11-15(21)17(10-14(16)18)26-19(23)13-8-6-5-7-9-13/h5-11H,4H2,1-3H3. The fourth-order valence-electron chi connectivity index (χ4n) is 2.84. The van der Waals surface area contributed by atoms with Gasteiger partial charge in [-0.05, 0) is 54.0 Å². The Morgan fingerprint density at radius 1 is 1.12 bits per heavy atom. The Balaban J connectivity index is 2.07. The second kappa shape index (κ2) is 7.33. The van der Waals surface area contributed by atoms with Gasteiger partial charge in [-0.2, -0.15) is 0 Å². The molecule has 5 nitrogen and oxygen atoms in total. The molecule has 0 aliphatic carbocycles. The van der Waals surface area contributed by atoms with Crippen LogP contribution in [0.3, 0.4) is 0 Å². The number of hydrogen-bond donors (Lipinski definition) is 0. The predicted molar refractivity (Wildman–Crippen MR) is 103 cm³/mol. The summed E-state index contributed by atoms with van der Waals surface area (Å²) in [6.45, 7) is 3.92. The Morgan fingerprint density at radius 2 is 1.81 bits per heavy atom. The molecule has 0 saturated heterocycles. The van der Waals surface area contributed by atoms with Crippen LogP contribution in [0.15, 0.2) is 46.9 Å². The molecule has 1 aromatic heterocycles. The summed E-state index contributed by atoms with van der Waals surface area (Å²) in [5.74, 6) is -0.503. The lowest BCUT2D eigenvalue weighted by Crippen LogP contribution is -2.09. The van der Waals surface area contributed by atoms with Crippen molar-refractivity contribution in [2.75, 3.05) is 6.61 Å². The molecule has 26 heavy (non-hydrogen) atoms. The van der Waals surface area contributed by atoms with Crippen LogP contribution in [-0.2, 0) is 11.8 Å². The first-order valence-electron chi connectivity index (χ1n) is 8.17. The van der Waals surface area contributed by atoms with Crippen LogP contribution in [0.2, 0.25) is 0 Å². The Bertz CT molecular complexity index is 992. The summed E-state index contributed by atoms with van der Waals surface area (Å²) in [5, 5.41) is 0.683. The summed E-state index contributed by atoms with van der Waals surface area (Å²) in [7, 11) is 1.88. The van der Waals surface area contributed by atoms with Crippen molar-refractivity contribution in [1.82, 2.24) is 4.57 Å². The van der Waals surface area contributed by atoms with E-state index in [0.29, 0.717) is 33.3 Å². The molecule has 3 rings (SSSR count). The van der Waals surface area contributed by atoms with Gasteiger partial charge in [0.2, 0.25) is 0 Å². The first-order valence-corrected chi connectivity index (χ1v) is 8.96. The van der Waals surface area contributed by atoms with Gasteiger partial charge < -0.3 is 14.0 Å². The SMILES string of the molecule is CCOC(=O)c1c(C)n(C)c2cc(Br)c(OC(=O)c3ccccc3)cc12. The number of benzene rings is 2. The van der Waals surface area contributed by atoms with Crippen molar-refractivity contribution in [2.45, 2.75) is 13.8 Å². The van der Waals surface area contributed by atoms with Gasteiger partial charge in [-0.3, -0.25) is 0 Å². The molecule has 0 unspecified atom stereocenters. The van der Waals surface area contributed by atoms with Gasteiger partial charge in [0.05, 0.1) is 27.7 Å². The van der Waals surface area contributed by atoms with Gasteiger partial charge >= 0.3 is 11.9 Å². The molecular weight excluding hydrogens is 398 g/mol. The second-order valence-electron chi connectivity index (χ2n) is 5.80. The van der Waals surface area contributed by atoms with E-state index in [1.54, 1.807) is 37.3 Å². The highest BCUT2D eigenvalue weighted by atomic mass is 79.9. The first kappa shape index (κ1) is 18.2. The minimum atomic E-state index is -0.462. The molecular formula is C20H18BrNO4. The Kier molecular flexibility index (Phi) is 5.13. The summed E-state index contributed by atoms with van der Waals surface area (Å²) in [4.78, 5) is 24.7. The smallest absolute Gasteiger partial charge is 0.343 e. The fourth-order valence-corrected chi connectivity index (χ4v) is 3.25. The molecule has 0 spiro atoms. The minimum Gasteiger partial charge on any atom is -0.462 e. The van der Waals surface area contributed by atoms with Gasteiger partial charge in [-0.25, -0.2) is 9.59 Å². The highest BCUT2D eigenvalue weighted by Crippen LogP contribution is 2.35. The van der Waals surface area contributed by atoms with E-state index in [9.17, 15) is 9.59 Å². The number of fused-ring (bicyclic) bond motifs is 1. The molecule has 6 heteroatoms. The van der Waals surface area contributed by atoms with Gasteiger partial charge in [-0.1, -0.05) is 18.2 Å². The van der Waals surface area contributed by atoms with E-state index in [4.69, 9.17) is 9.47 Å². The third kappa shape index (κ3) is 3.24. The van der Waals surface area contributed by atoms with Crippen molar-refractivity contribution >= 4 is 38.8 Å². The van der Waals surface area contributed by atoms with E-state index < -0.39 is 11.9 Å². The molecule has 1 heterocycles. The van der Waals surface area contributed by atoms with Crippen molar-refractivity contribution in [3.05, 3.63) is 63.8 Å². The topological polar surface area (TPSA) is 57.5 Å². The van der Waals surface area contributed by atoms with Crippen LogP contribution in [0.5, 0.6) is 5.75 Å². The van der Waals surface area contributed by atoms with Crippen molar-refractivity contribution < 1.29 is 19.1 Å². The lowest BCUT2D eigenvalue weighted by molar-refractivity contribution is 0.0527. The minimum absolute atomic E-state index is 0.293. The van der Waals surface area contributed by atoms with Crippen LogP contribution in [0.25, 0.3) is 10.9 Å². The molecule has 0 aliphatic rings. The average molecular weight is 416 g/mol. The summed E-state index contributed by atoms with van der Waals surface area (Å²) in [5.41, 5.74) is 2.57. The number of carbonyl (C=O) groups excluding carboxylic acids is 2. The summed E-state index contributed by atoms with van der Waals surface area (Å²) in [6, 6.07) is 12.3. The number of esters is 2. The average Bonchev–Trinajstić information content (AvgIpc) is 2.87. The molecule has 0 atom stereocenters. The molecule has 0 amide bonds. The summed E-state index contributed by atoms with van der Waals surface area (Å²) in [6.07, 6.45) is 0. The molecule has 0 radical (unpaired) electrons. The van der Waals surface area contributed by atoms with E-state index in [0.717, 1.165) is 11.2 Å². The zero-order valence-corrected chi connectivity index (χ0v) is 16.3. The molecule has 0 N–H and O–H groups in total. The van der Waals surface area contributed by atoms with Crippen LogP contribution in [0, 0.1) is 6.92 Å². The van der Waals surface area contributed by atoms with E-state index in [-0.39, 0.29) is 0 Å². The lowest BCUT2D eigenvalue weighted by atomic mass is 10.1. The monoisotopic (exact) mass is 415 g/mol.